The molecule has 0 radical (unpaired) electrons. The Morgan fingerprint density at radius 2 is 2.00 bits per heavy atom. The molecule has 1 N–H and O–H groups in total. The second-order valence-corrected chi connectivity index (χ2v) is 5.24. The molecule has 0 aliphatic rings. The maximum Gasteiger partial charge on any atom is 0.224 e. The number of carbonyl (C=O) groups is 1. The van der Waals surface area contributed by atoms with Gasteiger partial charge in [0.2, 0.25) is 5.91 Å². The van der Waals surface area contributed by atoms with Gasteiger partial charge in [-0.15, -0.1) is 0 Å². The van der Waals surface area contributed by atoms with E-state index in [-0.39, 0.29) is 5.91 Å². The van der Waals surface area contributed by atoms with Crippen LogP contribution in [0.3, 0.4) is 0 Å². The van der Waals surface area contributed by atoms with Crippen LogP contribution in [0, 0.1) is 6.92 Å². The van der Waals surface area contributed by atoms with Crippen LogP contribution in [-0.4, -0.2) is 13.0 Å². The smallest absolute Gasteiger partial charge is 0.224 e. The fourth-order valence-corrected chi connectivity index (χ4v) is 2.21. The molecule has 0 aromatic heterocycles. The van der Waals surface area contributed by atoms with Crippen molar-refractivity contribution in [1.82, 2.24) is 0 Å². The van der Waals surface area contributed by atoms with E-state index in [1.54, 1.807) is 7.11 Å². The van der Waals surface area contributed by atoms with Crippen molar-refractivity contribution in [2.45, 2.75) is 19.8 Å². The number of rotatable bonds is 5. The lowest BCUT2D eigenvalue weighted by atomic mass is 10.1. The molecule has 0 saturated carbocycles. The number of anilines is 1. The molecule has 0 atom stereocenters. The van der Waals surface area contributed by atoms with Gasteiger partial charge < -0.3 is 10.1 Å². The third-order valence-corrected chi connectivity index (χ3v) is 3.67. The molecule has 0 aliphatic carbocycles. The standard InChI is InChI=1S/C17H18ClNO2/c1-12-7-8-13(11-14(12)18)9-10-17(20)19-15-5-3-4-6-16(15)21-2/h3-8,11H,9-10H2,1-2H3,(H,19,20). The summed E-state index contributed by atoms with van der Waals surface area (Å²) in [5.41, 5.74) is 2.78. The number of hydrogen-bond acceptors (Lipinski definition) is 2. The minimum atomic E-state index is -0.0452. The Balaban J connectivity index is 1.94. The number of ether oxygens (including phenoxy) is 1. The molecule has 0 spiro atoms. The van der Waals surface area contributed by atoms with E-state index in [9.17, 15) is 4.79 Å². The maximum absolute atomic E-state index is 12.0. The molecule has 2 aromatic carbocycles. The Morgan fingerprint density at radius 3 is 2.71 bits per heavy atom. The van der Waals surface area contributed by atoms with Gasteiger partial charge in [-0.25, -0.2) is 0 Å². The Labute approximate surface area is 129 Å². The lowest BCUT2D eigenvalue weighted by molar-refractivity contribution is -0.116. The quantitative estimate of drug-likeness (QED) is 0.897. The van der Waals surface area contributed by atoms with Crippen LogP contribution >= 0.6 is 11.6 Å². The third kappa shape index (κ3) is 4.23. The molecule has 1 amide bonds. The van der Waals surface area contributed by atoms with E-state index in [0.717, 1.165) is 16.1 Å². The number of para-hydroxylation sites is 2. The molecule has 0 heterocycles. The molecule has 2 rings (SSSR count). The molecule has 21 heavy (non-hydrogen) atoms. The van der Waals surface area contributed by atoms with Gasteiger partial charge in [0.25, 0.3) is 0 Å². The van der Waals surface area contributed by atoms with Crippen LogP contribution in [0.2, 0.25) is 5.02 Å². The van der Waals surface area contributed by atoms with Crippen LogP contribution in [0.1, 0.15) is 17.5 Å². The van der Waals surface area contributed by atoms with Gasteiger partial charge in [-0.3, -0.25) is 4.79 Å². The summed E-state index contributed by atoms with van der Waals surface area (Å²) >= 11 is 6.08. The second kappa shape index (κ2) is 7.14. The highest BCUT2D eigenvalue weighted by Crippen LogP contribution is 2.23. The van der Waals surface area contributed by atoms with Gasteiger partial charge >= 0.3 is 0 Å². The number of amides is 1. The first-order chi connectivity index (χ1) is 10.1. The lowest BCUT2D eigenvalue weighted by Crippen LogP contribution is -2.13. The second-order valence-electron chi connectivity index (χ2n) is 4.83. The molecular formula is C17H18ClNO2. The van der Waals surface area contributed by atoms with Crippen LogP contribution in [0.5, 0.6) is 5.75 Å². The largest absolute Gasteiger partial charge is 0.495 e. The molecule has 0 saturated heterocycles. The third-order valence-electron chi connectivity index (χ3n) is 3.26. The highest BCUT2D eigenvalue weighted by atomic mass is 35.5. The SMILES string of the molecule is COc1ccccc1NC(=O)CCc1ccc(C)c(Cl)c1. The van der Waals surface area contributed by atoms with Crippen molar-refractivity contribution in [3.63, 3.8) is 0 Å². The molecule has 0 fully saturated rings. The van der Waals surface area contributed by atoms with Gasteiger partial charge in [-0.2, -0.15) is 0 Å². The zero-order chi connectivity index (χ0) is 15.2. The maximum atomic E-state index is 12.0. The van der Waals surface area contributed by atoms with E-state index in [2.05, 4.69) is 5.32 Å². The van der Waals surface area contributed by atoms with Crippen molar-refractivity contribution in [3.05, 3.63) is 58.6 Å². The van der Waals surface area contributed by atoms with Crippen LogP contribution in [-0.2, 0) is 11.2 Å². The number of carbonyl (C=O) groups excluding carboxylic acids is 1. The summed E-state index contributed by atoms with van der Waals surface area (Å²) in [6, 6.07) is 13.2. The summed E-state index contributed by atoms with van der Waals surface area (Å²) in [4.78, 5) is 12.0. The number of aryl methyl sites for hydroxylation is 2. The zero-order valence-corrected chi connectivity index (χ0v) is 12.9. The Kier molecular flexibility index (Phi) is 5.23. The summed E-state index contributed by atoms with van der Waals surface area (Å²) in [7, 11) is 1.58. The Morgan fingerprint density at radius 1 is 1.24 bits per heavy atom. The average Bonchev–Trinajstić information content (AvgIpc) is 2.49. The molecule has 3 nitrogen and oxygen atoms in total. The highest BCUT2D eigenvalue weighted by Gasteiger charge is 2.07. The Hall–Kier alpha value is -2.00. The minimum absolute atomic E-state index is 0.0452. The molecule has 2 aromatic rings. The van der Waals surface area contributed by atoms with Gasteiger partial charge in [0.05, 0.1) is 12.8 Å². The molecule has 110 valence electrons. The van der Waals surface area contributed by atoms with E-state index >= 15 is 0 Å². The summed E-state index contributed by atoms with van der Waals surface area (Å²) in [6.07, 6.45) is 1.05. The van der Waals surface area contributed by atoms with Crippen molar-refractivity contribution in [1.29, 1.82) is 0 Å². The summed E-state index contributed by atoms with van der Waals surface area (Å²) in [5.74, 6) is 0.612. The van der Waals surface area contributed by atoms with Gasteiger partial charge in [0, 0.05) is 11.4 Å². The van der Waals surface area contributed by atoms with Crippen molar-refractivity contribution in [2.24, 2.45) is 0 Å². The van der Waals surface area contributed by atoms with E-state index in [4.69, 9.17) is 16.3 Å². The molecular weight excluding hydrogens is 286 g/mol. The molecule has 4 heteroatoms. The first-order valence-corrected chi connectivity index (χ1v) is 7.16. The summed E-state index contributed by atoms with van der Waals surface area (Å²) in [5, 5.41) is 3.59. The van der Waals surface area contributed by atoms with E-state index < -0.39 is 0 Å². The Bertz CT molecular complexity index is 640. The normalized spacial score (nSPS) is 10.2. The highest BCUT2D eigenvalue weighted by molar-refractivity contribution is 6.31. The fraction of sp³-hybridized carbons (Fsp3) is 0.235. The number of nitrogens with one attached hydrogen (secondary N) is 1. The number of hydrogen-bond donors (Lipinski definition) is 1. The van der Waals surface area contributed by atoms with Gasteiger partial charge in [0.1, 0.15) is 5.75 Å². The van der Waals surface area contributed by atoms with Crippen LogP contribution in [0.15, 0.2) is 42.5 Å². The van der Waals surface area contributed by atoms with E-state index in [1.165, 1.54) is 0 Å². The summed E-state index contributed by atoms with van der Waals surface area (Å²) in [6.45, 7) is 1.96. The first-order valence-electron chi connectivity index (χ1n) is 6.78. The van der Waals surface area contributed by atoms with Crippen molar-refractivity contribution in [2.75, 3.05) is 12.4 Å². The van der Waals surface area contributed by atoms with Crippen LogP contribution in [0.4, 0.5) is 5.69 Å². The molecule has 0 bridgehead atoms. The van der Waals surface area contributed by atoms with Gasteiger partial charge in [0.15, 0.2) is 0 Å². The summed E-state index contributed by atoms with van der Waals surface area (Å²) < 4.78 is 5.21. The zero-order valence-electron chi connectivity index (χ0n) is 12.2. The number of methoxy groups -OCH3 is 1. The lowest BCUT2D eigenvalue weighted by Gasteiger charge is -2.10. The number of halogens is 1. The van der Waals surface area contributed by atoms with E-state index in [1.807, 2.05) is 49.4 Å². The van der Waals surface area contributed by atoms with Gasteiger partial charge in [-0.05, 0) is 42.7 Å². The number of benzene rings is 2. The average molecular weight is 304 g/mol. The molecule has 0 unspecified atom stereocenters. The predicted molar refractivity (Wildman–Crippen MR) is 86.1 cm³/mol. The monoisotopic (exact) mass is 303 g/mol. The van der Waals surface area contributed by atoms with Crippen LogP contribution < -0.4 is 10.1 Å². The fourth-order valence-electron chi connectivity index (χ4n) is 2.01. The van der Waals surface area contributed by atoms with Crippen molar-refractivity contribution in [3.8, 4) is 5.75 Å². The minimum Gasteiger partial charge on any atom is -0.495 e. The predicted octanol–water partition coefficient (Wildman–Crippen LogP) is 4.23. The van der Waals surface area contributed by atoms with Crippen molar-refractivity contribution >= 4 is 23.2 Å². The molecule has 0 aliphatic heterocycles. The van der Waals surface area contributed by atoms with Crippen molar-refractivity contribution < 1.29 is 9.53 Å². The van der Waals surface area contributed by atoms with Crippen LogP contribution in [0.25, 0.3) is 0 Å². The first kappa shape index (κ1) is 15.4. The van der Waals surface area contributed by atoms with E-state index in [0.29, 0.717) is 24.3 Å². The van der Waals surface area contributed by atoms with Gasteiger partial charge in [-0.1, -0.05) is 35.9 Å². The topological polar surface area (TPSA) is 38.3 Å².